The third-order valence-corrected chi connectivity index (χ3v) is 1.55. The molecule has 0 aromatic carbocycles. The minimum Gasteiger partial charge on any atom is -0.388 e. The average molecular weight is 139 g/mol. The third-order valence-electron chi connectivity index (χ3n) is 1.55. The van der Waals surface area contributed by atoms with Crippen molar-refractivity contribution in [1.29, 1.82) is 5.41 Å². The number of nitrogens with one attached hydrogen (secondary N) is 2. The highest BCUT2D eigenvalue weighted by molar-refractivity contribution is 5.89. The van der Waals surface area contributed by atoms with E-state index in [0.29, 0.717) is 0 Å². The van der Waals surface area contributed by atoms with Gasteiger partial charge in [0, 0.05) is 12.2 Å². The molecule has 0 unspecified atom stereocenters. The van der Waals surface area contributed by atoms with Gasteiger partial charge in [-0.1, -0.05) is 0 Å². The molecule has 3 nitrogen and oxygen atoms in total. The van der Waals surface area contributed by atoms with E-state index in [1.807, 2.05) is 0 Å². The van der Waals surface area contributed by atoms with Crippen molar-refractivity contribution < 1.29 is 0 Å². The zero-order chi connectivity index (χ0) is 7.40. The predicted octanol–water partition coefficient (Wildman–Crippen LogP) is 0.580. The lowest BCUT2D eigenvalue weighted by Gasteiger charge is -2.15. The highest BCUT2D eigenvalue weighted by Gasteiger charge is 2.02. The van der Waals surface area contributed by atoms with Crippen molar-refractivity contribution >= 4 is 5.84 Å². The molecule has 10 heavy (non-hydrogen) atoms. The summed E-state index contributed by atoms with van der Waals surface area (Å²) in [5.74, 6) is 0.143. The van der Waals surface area contributed by atoms with Crippen LogP contribution in [0.25, 0.3) is 0 Å². The first-order chi connectivity index (χ1) is 4.79. The highest BCUT2D eigenvalue weighted by Crippen LogP contribution is 2.08. The second kappa shape index (κ2) is 3.25. The fraction of sp³-hybridized carbons (Fsp3) is 0.571. The molecule has 4 N–H and O–H groups in total. The second-order valence-corrected chi connectivity index (χ2v) is 2.51. The summed E-state index contributed by atoms with van der Waals surface area (Å²) in [7, 11) is 0. The molecule has 0 atom stereocenters. The van der Waals surface area contributed by atoms with Crippen LogP contribution >= 0.6 is 0 Å². The molecular formula is C7H13N3. The minimum absolute atomic E-state index is 0.143. The van der Waals surface area contributed by atoms with Gasteiger partial charge in [-0.15, -0.1) is 0 Å². The van der Waals surface area contributed by atoms with Gasteiger partial charge in [-0.2, -0.15) is 0 Å². The normalized spacial score (nSPS) is 22.2. The van der Waals surface area contributed by atoms with Gasteiger partial charge in [-0.05, 0) is 25.3 Å². The Labute approximate surface area is 60.8 Å². The molecule has 0 aliphatic carbocycles. The standard InChI is InChI=1S/C7H13N3/c8-7(9)5-6-3-1-2-4-10-6/h5,10H,1-4H2,(H3,8,9). The van der Waals surface area contributed by atoms with Crippen molar-refractivity contribution in [1.82, 2.24) is 5.32 Å². The molecule has 1 rings (SSSR count). The monoisotopic (exact) mass is 139 g/mol. The maximum Gasteiger partial charge on any atom is 0.117 e. The van der Waals surface area contributed by atoms with Gasteiger partial charge in [0.2, 0.25) is 0 Å². The molecule has 1 saturated heterocycles. The van der Waals surface area contributed by atoms with Crippen LogP contribution in [0.4, 0.5) is 0 Å². The Morgan fingerprint density at radius 2 is 2.40 bits per heavy atom. The quantitative estimate of drug-likeness (QED) is 0.367. The molecule has 1 aliphatic heterocycles. The van der Waals surface area contributed by atoms with E-state index in [-0.39, 0.29) is 5.84 Å². The molecule has 1 aliphatic rings. The smallest absolute Gasteiger partial charge is 0.117 e. The summed E-state index contributed by atoms with van der Waals surface area (Å²) < 4.78 is 0. The Morgan fingerprint density at radius 1 is 1.60 bits per heavy atom. The SMILES string of the molecule is N=C(N)C=C1CCCCN1. The van der Waals surface area contributed by atoms with E-state index < -0.39 is 0 Å². The summed E-state index contributed by atoms with van der Waals surface area (Å²) in [6, 6.07) is 0. The van der Waals surface area contributed by atoms with E-state index in [0.717, 1.165) is 18.7 Å². The van der Waals surface area contributed by atoms with E-state index in [4.69, 9.17) is 11.1 Å². The van der Waals surface area contributed by atoms with Crippen LogP contribution in [-0.4, -0.2) is 12.4 Å². The van der Waals surface area contributed by atoms with Crippen LogP contribution in [0.15, 0.2) is 11.8 Å². The van der Waals surface area contributed by atoms with Gasteiger partial charge in [0.15, 0.2) is 0 Å². The maximum absolute atomic E-state index is 6.99. The Kier molecular flexibility index (Phi) is 2.31. The van der Waals surface area contributed by atoms with E-state index >= 15 is 0 Å². The number of piperidine rings is 1. The summed E-state index contributed by atoms with van der Waals surface area (Å²) in [6.07, 6.45) is 5.18. The Balaban J connectivity index is 2.45. The lowest BCUT2D eigenvalue weighted by Crippen LogP contribution is -2.21. The Morgan fingerprint density at radius 3 is 2.90 bits per heavy atom. The van der Waals surface area contributed by atoms with Gasteiger partial charge in [0.05, 0.1) is 0 Å². The molecule has 1 fully saturated rings. The molecule has 56 valence electrons. The zero-order valence-electron chi connectivity index (χ0n) is 5.98. The summed E-state index contributed by atoms with van der Waals surface area (Å²) in [6.45, 7) is 1.03. The summed E-state index contributed by atoms with van der Waals surface area (Å²) in [5, 5.41) is 10.2. The van der Waals surface area contributed by atoms with Crippen molar-refractivity contribution in [2.45, 2.75) is 19.3 Å². The van der Waals surface area contributed by atoms with E-state index in [9.17, 15) is 0 Å². The average Bonchev–Trinajstić information content (AvgIpc) is 1.88. The maximum atomic E-state index is 6.99. The van der Waals surface area contributed by atoms with Gasteiger partial charge in [-0.3, -0.25) is 5.41 Å². The Hall–Kier alpha value is -0.990. The van der Waals surface area contributed by atoms with Gasteiger partial charge < -0.3 is 11.1 Å². The third kappa shape index (κ3) is 2.09. The molecule has 1 heterocycles. The van der Waals surface area contributed by atoms with Crippen molar-refractivity contribution in [3.05, 3.63) is 11.8 Å². The minimum atomic E-state index is 0.143. The lowest BCUT2D eigenvalue weighted by atomic mass is 10.1. The van der Waals surface area contributed by atoms with Crippen molar-refractivity contribution in [2.75, 3.05) is 6.54 Å². The summed E-state index contributed by atoms with van der Waals surface area (Å²) in [4.78, 5) is 0. The number of amidine groups is 1. The second-order valence-electron chi connectivity index (χ2n) is 2.51. The van der Waals surface area contributed by atoms with Crippen LogP contribution in [0.2, 0.25) is 0 Å². The number of allylic oxidation sites excluding steroid dienone is 1. The zero-order valence-corrected chi connectivity index (χ0v) is 5.98. The van der Waals surface area contributed by atoms with Gasteiger partial charge in [0.25, 0.3) is 0 Å². The van der Waals surface area contributed by atoms with Gasteiger partial charge in [0.1, 0.15) is 5.84 Å². The molecule has 0 amide bonds. The van der Waals surface area contributed by atoms with E-state index in [1.54, 1.807) is 6.08 Å². The summed E-state index contributed by atoms with van der Waals surface area (Å²) >= 11 is 0. The fourth-order valence-corrected chi connectivity index (χ4v) is 1.09. The molecule has 0 spiro atoms. The molecule has 0 aromatic heterocycles. The number of rotatable bonds is 1. The fourth-order valence-electron chi connectivity index (χ4n) is 1.09. The van der Waals surface area contributed by atoms with Crippen LogP contribution in [0, 0.1) is 5.41 Å². The van der Waals surface area contributed by atoms with Crippen molar-refractivity contribution in [3.8, 4) is 0 Å². The van der Waals surface area contributed by atoms with Gasteiger partial charge >= 0.3 is 0 Å². The highest BCUT2D eigenvalue weighted by atomic mass is 14.9. The number of hydrogen-bond donors (Lipinski definition) is 3. The number of nitrogens with two attached hydrogens (primary N) is 1. The predicted molar refractivity (Wildman–Crippen MR) is 41.9 cm³/mol. The van der Waals surface area contributed by atoms with E-state index in [2.05, 4.69) is 5.32 Å². The molecule has 0 saturated carbocycles. The first-order valence-corrected chi connectivity index (χ1v) is 3.57. The number of hydrogen-bond acceptors (Lipinski definition) is 2. The van der Waals surface area contributed by atoms with Crippen LogP contribution in [0.5, 0.6) is 0 Å². The van der Waals surface area contributed by atoms with Crippen molar-refractivity contribution in [2.24, 2.45) is 5.73 Å². The van der Waals surface area contributed by atoms with Gasteiger partial charge in [-0.25, -0.2) is 0 Å². The van der Waals surface area contributed by atoms with Crippen LogP contribution in [0.1, 0.15) is 19.3 Å². The van der Waals surface area contributed by atoms with Crippen LogP contribution in [-0.2, 0) is 0 Å². The van der Waals surface area contributed by atoms with Crippen molar-refractivity contribution in [3.63, 3.8) is 0 Å². The topological polar surface area (TPSA) is 61.9 Å². The first kappa shape index (κ1) is 7.12. The summed E-state index contributed by atoms with van der Waals surface area (Å²) in [5.41, 5.74) is 6.30. The molecule has 0 radical (unpaired) electrons. The first-order valence-electron chi connectivity index (χ1n) is 3.57. The molecule has 0 aromatic rings. The molecule has 3 heteroatoms. The van der Waals surface area contributed by atoms with Crippen LogP contribution < -0.4 is 11.1 Å². The molecular weight excluding hydrogens is 126 g/mol. The lowest BCUT2D eigenvalue weighted by molar-refractivity contribution is 0.588. The Bertz CT molecular complexity index is 152. The molecule has 0 bridgehead atoms. The van der Waals surface area contributed by atoms with Crippen LogP contribution in [0.3, 0.4) is 0 Å². The van der Waals surface area contributed by atoms with E-state index in [1.165, 1.54) is 12.8 Å². The largest absolute Gasteiger partial charge is 0.388 e.